The zero-order valence-corrected chi connectivity index (χ0v) is 18.9. The van der Waals surface area contributed by atoms with Crippen LogP contribution in [0.15, 0.2) is 24.3 Å². The van der Waals surface area contributed by atoms with Crippen molar-refractivity contribution in [3.8, 4) is 0 Å². The highest BCUT2D eigenvalue weighted by molar-refractivity contribution is 5.84. The second-order valence-corrected chi connectivity index (χ2v) is 10.2. The smallest absolute Gasteiger partial charge is 0.195 e. The van der Waals surface area contributed by atoms with Gasteiger partial charge in [-0.25, -0.2) is 13.2 Å². The highest BCUT2D eigenvalue weighted by Crippen LogP contribution is 2.45. The van der Waals surface area contributed by atoms with E-state index >= 15 is 0 Å². The molecule has 3 heteroatoms. The summed E-state index contributed by atoms with van der Waals surface area (Å²) in [6.45, 7) is 2.28. The summed E-state index contributed by atoms with van der Waals surface area (Å²) in [5, 5.41) is 0.635. The van der Waals surface area contributed by atoms with Crippen LogP contribution in [0, 0.1) is 35.2 Å². The van der Waals surface area contributed by atoms with Crippen LogP contribution in [-0.4, -0.2) is 0 Å². The molecule has 0 spiro atoms. The molecule has 0 saturated heterocycles. The van der Waals surface area contributed by atoms with Gasteiger partial charge < -0.3 is 0 Å². The van der Waals surface area contributed by atoms with E-state index in [9.17, 15) is 13.2 Å². The van der Waals surface area contributed by atoms with Gasteiger partial charge in [-0.2, -0.15) is 0 Å². The Bertz CT molecular complexity index is 858. The first-order valence-corrected chi connectivity index (χ1v) is 12.6. The Morgan fingerprint density at radius 3 is 2.10 bits per heavy atom. The number of unbranched alkanes of at least 4 members (excludes halogenated alkanes) is 3. The molecule has 0 radical (unpaired) electrons. The lowest BCUT2D eigenvalue weighted by molar-refractivity contribution is 0.155. The topological polar surface area (TPSA) is 0 Å². The Balaban J connectivity index is 1.29. The summed E-state index contributed by atoms with van der Waals surface area (Å²) < 4.78 is 41.2. The van der Waals surface area contributed by atoms with Crippen LogP contribution in [-0.2, 0) is 0 Å². The van der Waals surface area contributed by atoms with Gasteiger partial charge in [-0.15, -0.1) is 0 Å². The molecule has 0 bridgehead atoms. The highest BCUT2D eigenvalue weighted by atomic mass is 19.2. The van der Waals surface area contributed by atoms with Gasteiger partial charge in [-0.3, -0.25) is 0 Å². The summed E-state index contributed by atoms with van der Waals surface area (Å²) in [4.78, 5) is 0. The third kappa shape index (κ3) is 5.29. The van der Waals surface area contributed by atoms with E-state index in [4.69, 9.17) is 0 Å². The molecular formula is C28H37F3. The molecule has 4 rings (SSSR count). The Morgan fingerprint density at radius 2 is 1.42 bits per heavy atom. The molecule has 0 heterocycles. The molecule has 0 amide bonds. The fourth-order valence-electron chi connectivity index (χ4n) is 6.31. The van der Waals surface area contributed by atoms with Crippen LogP contribution in [0.5, 0.6) is 0 Å². The van der Waals surface area contributed by atoms with Crippen LogP contribution in [0.3, 0.4) is 0 Å². The molecule has 0 unspecified atom stereocenters. The van der Waals surface area contributed by atoms with Crippen LogP contribution in [0.1, 0.15) is 102 Å². The number of benzene rings is 2. The fraction of sp³-hybridized carbons (Fsp3) is 0.643. The van der Waals surface area contributed by atoms with E-state index in [1.807, 2.05) is 12.1 Å². The second kappa shape index (κ2) is 10.4. The van der Waals surface area contributed by atoms with Gasteiger partial charge in [-0.1, -0.05) is 70.1 Å². The quantitative estimate of drug-likeness (QED) is 0.303. The van der Waals surface area contributed by atoms with Crippen molar-refractivity contribution >= 4 is 10.8 Å². The first kappa shape index (κ1) is 22.7. The van der Waals surface area contributed by atoms with Crippen LogP contribution in [0.4, 0.5) is 13.2 Å². The minimum Gasteiger partial charge on any atom is -0.204 e. The SMILES string of the molecule is CCCCCCC1CCC(C2CCC(c3ccc4c(F)c(F)c(F)cc4c3)CC2)CC1. The third-order valence-electron chi connectivity index (χ3n) is 8.26. The van der Waals surface area contributed by atoms with Crippen molar-refractivity contribution < 1.29 is 13.2 Å². The van der Waals surface area contributed by atoms with Crippen molar-refractivity contribution in [3.63, 3.8) is 0 Å². The molecular weight excluding hydrogens is 393 g/mol. The molecule has 0 N–H and O–H groups in total. The molecule has 2 aliphatic carbocycles. The lowest BCUT2D eigenvalue weighted by atomic mass is 9.68. The molecule has 2 aromatic rings. The predicted molar refractivity (Wildman–Crippen MR) is 123 cm³/mol. The van der Waals surface area contributed by atoms with Crippen molar-refractivity contribution in [1.82, 2.24) is 0 Å². The van der Waals surface area contributed by atoms with Crippen LogP contribution in [0.25, 0.3) is 10.8 Å². The normalized spacial score (nSPS) is 27.0. The largest absolute Gasteiger partial charge is 0.204 e. The van der Waals surface area contributed by atoms with Crippen LogP contribution >= 0.6 is 0 Å². The molecule has 2 fully saturated rings. The van der Waals surface area contributed by atoms with E-state index in [2.05, 4.69) is 6.92 Å². The summed E-state index contributed by atoms with van der Waals surface area (Å²) in [6.07, 6.45) is 17.5. The van der Waals surface area contributed by atoms with Crippen LogP contribution < -0.4 is 0 Å². The summed E-state index contributed by atoms with van der Waals surface area (Å²) in [5.74, 6) is -0.397. The van der Waals surface area contributed by atoms with Gasteiger partial charge in [0.1, 0.15) is 0 Å². The Labute approximate surface area is 185 Å². The number of hydrogen-bond donors (Lipinski definition) is 0. The number of hydrogen-bond acceptors (Lipinski definition) is 0. The van der Waals surface area contributed by atoms with Gasteiger partial charge in [0.15, 0.2) is 17.5 Å². The molecule has 0 aliphatic heterocycles. The molecule has 0 nitrogen and oxygen atoms in total. The minimum atomic E-state index is -1.38. The number of halogens is 3. The van der Waals surface area contributed by atoms with Gasteiger partial charge >= 0.3 is 0 Å². The van der Waals surface area contributed by atoms with Crippen molar-refractivity contribution in [2.45, 2.75) is 96.3 Å². The molecule has 2 saturated carbocycles. The van der Waals surface area contributed by atoms with Gasteiger partial charge in [0.25, 0.3) is 0 Å². The maximum atomic E-state index is 14.0. The van der Waals surface area contributed by atoms with Gasteiger partial charge in [0.2, 0.25) is 0 Å². The van der Waals surface area contributed by atoms with Crippen LogP contribution in [0.2, 0.25) is 0 Å². The predicted octanol–water partition coefficient (Wildman–Crippen LogP) is 9.31. The summed E-state index contributed by atoms with van der Waals surface area (Å²) >= 11 is 0. The Morgan fingerprint density at radius 1 is 0.742 bits per heavy atom. The fourth-order valence-corrected chi connectivity index (χ4v) is 6.31. The lowest BCUT2D eigenvalue weighted by Crippen LogP contribution is -2.25. The van der Waals surface area contributed by atoms with Gasteiger partial charge in [-0.05, 0) is 79.2 Å². The maximum absolute atomic E-state index is 14.0. The minimum absolute atomic E-state index is 0.169. The van der Waals surface area contributed by atoms with E-state index in [1.54, 1.807) is 6.07 Å². The van der Waals surface area contributed by atoms with Crippen molar-refractivity contribution in [1.29, 1.82) is 0 Å². The summed E-state index contributed by atoms with van der Waals surface area (Å²) in [5.41, 5.74) is 1.15. The highest BCUT2D eigenvalue weighted by Gasteiger charge is 2.31. The van der Waals surface area contributed by atoms with E-state index in [0.717, 1.165) is 42.2 Å². The maximum Gasteiger partial charge on any atom is 0.195 e. The molecule has 31 heavy (non-hydrogen) atoms. The number of rotatable bonds is 7. The first-order valence-electron chi connectivity index (χ1n) is 12.6. The standard InChI is InChI=1S/C28H37F3/c1-2-3-4-5-6-19-7-9-20(10-8-19)21-11-13-22(14-12-21)23-15-16-25-24(17-23)18-26(29)28(31)27(25)30/h15-22H,2-14H2,1H3. The summed E-state index contributed by atoms with van der Waals surface area (Å²) in [7, 11) is 0. The molecule has 170 valence electrons. The van der Waals surface area contributed by atoms with E-state index in [0.29, 0.717) is 11.3 Å². The van der Waals surface area contributed by atoms with E-state index in [-0.39, 0.29) is 5.39 Å². The van der Waals surface area contributed by atoms with Crippen molar-refractivity contribution in [2.75, 3.05) is 0 Å². The summed E-state index contributed by atoms with van der Waals surface area (Å²) in [6, 6.07) is 6.53. The monoisotopic (exact) mass is 430 g/mol. The lowest BCUT2D eigenvalue weighted by Gasteiger charge is -2.38. The van der Waals surface area contributed by atoms with Crippen molar-refractivity contribution in [3.05, 3.63) is 47.3 Å². The van der Waals surface area contributed by atoms with E-state index in [1.165, 1.54) is 70.6 Å². The van der Waals surface area contributed by atoms with Gasteiger partial charge in [0.05, 0.1) is 0 Å². The first-order chi connectivity index (χ1) is 15.1. The third-order valence-corrected chi connectivity index (χ3v) is 8.26. The van der Waals surface area contributed by atoms with E-state index < -0.39 is 17.5 Å². The van der Waals surface area contributed by atoms with Gasteiger partial charge in [0, 0.05) is 5.39 Å². The molecule has 0 atom stereocenters. The zero-order chi connectivity index (χ0) is 21.8. The average molecular weight is 431 g/mol. The zero-order valence-electron chi connectivity index (χ0n) is 18.9. The Hall–Kier alpha value is -1.51. The Kier molecular flexibility index (Phi) is 7.61. The molecule has 2 aliphatic rings. The second-order valence-electron chi connectivity index (χ2n) is 10.2. The number of fused-ring (bicyclic) bond motifs is 1. The van der Waals surface area contributed by atoms with Crippen molar-refractivity contribution in [2.24, 2.45) is 17.8 Å². The molecule has 2 aromatic carbocycles. The molecule has 0 aromatic heterocycles. The average Bonchev–Trinajstić information content (AvgIpc) is 2.81.